The van der Waals surface area contributed by atoms with Crippen molar-refractivity contribution in [2.75, 3.05) is 31.1 Å². The number of carbonyl (C=O) groups excluding carboxylic acids is 1. The molecule has 9 heteroatoms. The van der Waals surface area contributed by atoms with Gasteiger partial charge < -0.3 is 14.2 Å². The van der Waals surface area contributed by atoms with Crippen molar-refractivity contribution in [3.63, 3.8) is 0 Å². The minimum atomic E-state index is -0.418. The van der Waals surface area contributed by atoms with Crippen molar-refractivity contribution in [2.24, 2.45) is 0 Å². The lowest BCUT2D eigenvalue weighted by Gasteiger charge is -2.36. The zero-order chi connectivity index (χ0) is 24.4. The lowest BCUT2D eigenvalue weighted by Crippen LogP contribution is -2.49. The molecule has 35 heavy (non-hydrogen) atoms. The highest BCUT2D eigenvalue weighted by molar-refractivity contribution is 5.78. The van der Waals surface area contributed by atoms with Gasteiger partial charge in [-0.2, -0.15) is 0 Å². The molecule has 4 aromatic rings. The van der Waals surface area contributed by atoms with Gasteiger partial charge in [0.25, 0.3) is 5.69 Å². The van der Waals surface area contributed by atoms with Crippen LogP contribution in [0, 0.1) is 15.9 Å². The molecule has 1 aliphatic rings. The van der Waals surface area contributed by atoms with Crippen LogP contribution >= 0.6 is 0 Å². The number of pyridine rings is 1. The molecule has 2 aromatic carbocycles. The molecule has 1 fully saturated rings. The summed E-state index contributed by atoms with van der Waals surface area (Å²) in [4.78, 5) is 32.3. The molecule has 1 aliphatic heterocycles. The topological polar surface area (TPSA) is 84.0 Å². The lowest BCUT2D eigenvalue weighted by atomic mass is 9.92. The molecule has 0 aliphatic carbocycles. The summed E-state index contributed by atoms with van der Waals surface area (Å²) < 4.78 is 16.0. The highest BCUT2D eigenvalue weighted by Crippen LogP contribution is 2.30. The first kappa shape index (κ1) is 22.5. The number of nitro groups is 1. The van der Waals surface area contributed by atoms with Crippen LogP contribution in [0.3, 0.4) is 0 Å². The molecular weight excluding hydrogens is 449 g/mol. The van der Waals surface area contributed by atoms with Gasteiger partial charge in [-0.1, -0.05) is 18.2 Å². The highest BCUT2D eigenvalue weighted by Gasteiger charge is 2.27. The molecule has 0 saturated carbocycles. The van der Waals surface area contributed by atoms with Gasteiger partial charge in [0.05, 0.1) is 10.6 Å². The largest absolute Gasteiger partial charge is 0.368 e. The number of halogens is 1. The van der Waals surface area contributed by atoms with Gasteiger partial charge in [-0.25, -0.2) is 9.37 Å². The minimum absolute atomic E-state index is 0.00603. The van der Waals surface area contributed by atoms with E-state index in [0.717, 1.165) is 22.6 Å². The van der Waals surface area contributed by atoms with Gasteiger partial charge in [0.2, 0.25) is 5.91 Å². The number of nitrogens with zero attached hydrogens (tertiary/aromatic N) is 5. The van der Waals surface area contributed by atoms with Crippen molar-refractivity contribution in [3.8, 4) is 0 Å². The van der Waals surface area contributed by atoms with Crippen LogP contribution in [0.2, 0.25) is 0 Å². The van der Waals surface area contributed by atoms with E-state index in [0.29, 0.717) is 26.2 Å². The molecule has 0 radical (unpaired) electrons. The number of benzene rings is 2. The van der Waals surface area contributed by atoms with Crippen LogP contribution in [0.4, 0.5) is 15.8 Å². The fourth-order valence-corrected chi connectivity index (χ4v) is 4.63. The number of nitro benzene ring substituents is 1. The van der Waals surface area contributed by atoms with Crippen LogP contribution < -0.4 is 4.90 Å². The zero-order valence-electron chi connectivity index (χ0n) is 19.0. The molecule has 178 valence electrons. The Hall–Kier alpha value is -4.27. The number of non-ortho nitro benzene ring substituents is 1. The molecule has 0 spiro atoms. The third-order valence-electron chi connectivity index (χ3n) is 6.49. The minimum Gasteiger partial charge on any atom is -0.368 e. The van der Waals surface area contributed by atoms with Gasteiger partial charge in [-0.15, -0.1) is 0 Å². The standard InChI is InChI=1S/C26H24FN5O3/c27-20-5-3-4-19(16-20)23(24-18-28-25-6-1-2-11-31(24)25)17-26(33)30-14-12-29(13-15-30)21-7-9-22(10-8-21)32(34)35/h1-11,16,18,23H,12-15,17H2. The summed E-state index contributed by atoms with van der Waals surface area (Å²) in [7, 11) is 0. The number of fused-ring (bicyclic) bond motifs is 1. The maximum absolute atomic E-state index is 14.1. The molecule has 1 saturated heterocycles. The SMILES string of the molecule is O=C(CC(c1cccc(F)c1)c1cnc2ccccn12)N1CCN(c2ccc([N+](=O)[O-])cc2)CC1. The first-order valence-electron chi connectivity index (χ1n) is 11.4. The highest BCUT2D eigenvalue weighted by atomic mass is 19.1. The fourth-order valence-electron chi connectivity index (χ4n) is 4.63. The summed E-state index contributed by atoms with van der Waals surface area (Å²) in [5.74, 6) is -0.692. The maximum atomic E-state index is 14.1. The van der Waals surface area contributed by atoms with Gasteiger partial charge in [-0.3, -0.25) is 14.9 Å². The Bertz CT molecular complexity index is 1360. The second kappa shape index (κ2) is 9.54. The number of rotatable bonds is 6. The average molecular weight is 474 g/mol. The molecule has 1 atom stereocenters. The molecule has 3 heterocycles. The van der Waals surface area contributed by atoms with Crippen molar-refractivity contribution < 1.29 is 14.1 Å². The van der Waals surface area contributed by atoms with Gasteiger partial charge in [0.15, 0.2) is 0 Å². The van der Waals surface area contributed by atoms with Gasteiger partial charge in [0, 0.05) is 68.7 Å². The predicted octanol–water partition coefficient (Wildman–Crippen LogP) is 4.25. The summed E-state index contributed by atoms with van der Waals surface area (Å²) >= 11 is 0. The van der Waals surface area contributed by atoms with E-state index in [4.69, 9.17) is 0 Å². The van der Waals surface area contributed by atoms with Gasteiger partial charge in [-0.05, 0) is 42.0 Å². The first-order valence-corrected chi connectivity index (χ1v) is 11.4. The molecule has 0 bridgehead atoms. The molecular formula is C26H24FN5O3. The average Bonchev–Trinajstić information content (AvgIpc) is 3.31. The normalized spacial score (nSPS) is 14.8. The Labute approximate surface area is 201 Å². The number of hydrogen-bond donors (Lipinski definition) is 0. The Morgan fingerprint density at radius 1 is 1.03 bits per heavy atom. The maximum Gasteiger partial charge on any atom is 0.269 e. The van der Waals surface area contributed by atoms with E-state index in [2.05, 4.69) is 9.88 Å². The Morgan fingerprint density at radius 2 is 1.80 bits per heavy atom. The predicted molar refractivity (Wildman–Crippen MR) is 130 cm³/mol. The van der Waals surface area contributed by atoms with Gasteiger partial charge >= 0.3 is 0 Å². The number of aromatic nitrogens is 2. The fraction of sp³-hybridized carbons (Fsp3) is 0.231. The van der Waals surface area contributed by atoms with Crippen molar-refractivity contribution in [1.82, 2.24) is 14.3 Å². The van der Waals surface area contributed by atoms with Gasteiger partial charge in [0.1, 0.15) is 11.5 Å². The van der Waals surface area contributed by atoms with Crippen molar-refractivity contribution in [2.45, 2.75) is 12.3 Å². The summed E-state index contributed by atoms with van der Waals surface area (Å²) in [5.41, 5.74) is 3.29. The summed E-state index contributed by atoms with van der Waals surface area (Å²) in [5, 5.41) is 10.9. The second-order valence-electron chi connectivity index (χ2n) is 8.56. The Morgan fingerprint density at radius 3 is 2.51 bits per heavy atom. The monoisotopic (exact) mass is 473 g/mol. The summed E-state index contributed by atoms with van der Waals surface area (Å²) in [6.45, 7) is 2.34. The van der Waals surface area contributed by atoms with E-state index in [9.17, 15) is 19.3 Å². The molecule has 8 nitrogen and oxygen atoms in total. The van der Waals surface area contributed by atoms with Crippen LogP contribution in [0.15, 0.2) is 79.1 Å². The number of hydrogen-bond acceptors (Lipinski definition) is 5. The van der Waals surface area contributed by atoms with Crippen LogP contribution in [0.1, 0.15) is 23.6 Å². The molecule has 1 unspecified atom stereocenters. The molecule has 0 N–H and O–H groups in total. The van der Waals surface area contributed by atoms with E-state index < -0.39 is 4.92 Å². The van der Waals surface area contributed by atoms with Crippen LogP contribution in [0.5, 0.6) is 0 Å². The van der Waals surface area contributed by atoms with Crippen LogP contribution in [-0.4, -0.2) is 51.3 Å². The Balaban J connectivity index is 1.32. The van der Waals surface area contributed by atoms with E-state index in [-0.39, 0.29) is 29.8 Å². The smallest absolute Gasteiger partial charge is 0.269 e. The second-order valence-corrected chi connectivity index (χ2v) is 8.56. The van der Waals surface area contributed by atoms with E-state index in [1.54, 1.807) is 24.4 Å². The Kier molecular flexibility index (Phi) is 6.13. The number of piperazine rings is 1. The van der Waals surface area contributed by atoms with Crippen LogP contribution in [-0.2, 0) is 4.79 Å². The van der Waals surface area contributed by atoms with Crippen LogP contribution in [0.25, 0.3) is 5.65 Å². The summed E-state index contributed by atoms with van der Waals surface area (Å²) in [6.07, 6.45) is 3.85. The van der Waals surface area contributed by atoms with E-state index >= 15 is 0 Å². The van der Waals surface area contributed by atoms with Crippen molar-refractivity contribution >= 4 is 22.9 Å². The number of anilines is 1. The third kappa shape index (κ3) is 4.70. The van der Waals surface area contributed by atoms with Crippen molar-refractivity contribution in [3.05, 3.63) is 106 Å². The zero-order valence-corrected chi connectivity index (χ0v) is 19.0. The summed E-state index contributed by atoms with van der Waals surface area (Å²) in [6, 6.07) is 18.5. The van der Waals surface area contributed by atoms with E-state index in [1.807, 2.05) is 39.8 Å². The van der Waals surface area contributed by atoms with E-state index in [1.165, 1.54) is 24.3 Å². The number of carbonyl (C=O) groups is 1. The molecule has 1 amide bonds. The van der Waals surface area contributed by atoms with Crippen molar-refractivity contribution in [1.29, 1.82) is 0 Å². The number of imidazole rings is 1. The third-order valence-corrected chi connectivity index (χ3v) is 6.49. The molecule has 5 rings (SSSR count). The molecule has 2 aromatic heterocycles. The number of amides is 1. The first-order chi connectivity index (χ1) is 17.0. The lowest BCUT2D eigenvalue weighted by molar-refractivity contribution is -0.384. The quantitative estimate of drug-likeness (QED) is 0.309.